The van der Waals surface area contributed by atoms with Gasteiger partial charge in [0.15, 0.2) is 6.61 Å². The highest BCUT2D eigenvalue weighted by Crippen LogP contribution is 2.33. The third kappa shape index (κ3) is 3.96. The molecule has 5 amide bonds. The zero-order valence-corrected chi connectivity index (χ0v) is 17.0. The molecule has 3 aliphatic rings. The van der Waals surface area contributed by atoms with Gasteiger partial charge in [-0.15, -0.1) is 0 Å². The minimum absolute atomic E-state index is 0.00574. The predicted octanol–water partition coefficient (Wildman–Crippen LogP) is 2.01. The van der Waals surface area contributed by atoms with Gasteiger partial charge in [-0.2, -0.15) is 0 Å². The first-order chi connectivity index (χ1) is 14.4. The number of nitrogens with zero attached hydrogens (tertiary/aromatic N) is 2. The zero-order valence-electron chi connectivity index (χ0n) is 17.0. The van der Waals surface area contributed by atoms with Gasteiger partial charge in [0.25, 0.3) is 11.8 Å². The Morgan fingerprint density at radius 2 is 1.97 bits per heavy atom. The number of rotatable bonds is 5. The van der Waals surface area contributed by atoms with Crippen molar-refractivity contribution in [1.82, 2.24) is 10.2 Å². The summed E-state index contributed by atoms with van der Waals surface area (Å²) in [5, 5.41) is 5.50. The maximum absolute atomic E-state index is 12.7. The Morgan fingerprint density at radius 1 is 1.20 bits per heavy atom. The first-order valence-corrected chi connectivity index (χ1v) is 10.4. The molecule has 0 spiro atoms. The smallest absolute Gasteiger partial charge is 0.325 e. The summed E-state index contributed by atoms with van der Waals surface area (Å²) >= 11 is 0. The lowest BCUT2D eigenvalue weighted by atomic mass is 9.94. The minimum atomic E-state index is -0.661. The van der Waals surface area contributed by atoms with Gasteiger partial charge in [-0.3, -0.25) is 19.3 Å². The molecule has 1 aromatic carbocycles. The number of hydrogen-bond acceptors (Lipinski definition) is 5. The number of likely N-dealkylation sites (N-methyl/N-ethyl adjacent to an activating group) is 1. The number of nitrogens with one attached hydrogen (secondary N) is 2. The van der Waals surface area contributed by atoms with Crippen LogP contribution in [-0.2, 0) is 14.4 Å². The van der Waals surface area contributed by atoms with E-state index in [1.54, 1.807) is 25.2 Å². The van der Waals surface area contributed by atoms with Crippen LogP contribution in [0.5, 0.6) is 5.75 Å². The minimum Gasteiger partial charge on any atom is -0.482 e. The second-order valence-corrected chi connectivity index (χ2v) is 8.01. The molecule has 0 bridgehead atoms. The molecule has 0 radical (unpaired) electrons. The lowest BCUT2D eigenvalue weighted by molar-refractivity contribution is -0.129. The number of hydrogen-bond donors (Lipinski definition) is 2. The standard InChI is InChI=1S/C21H26N4O5/c1-24-16-11-13(7-9-17(16)30-12-19(24)27)22-18(26)10-8-15-20(28)25(21(29)23-15)14-5-3-2-4-6-14/h7,9,11,14-15H,2-6,8,10,12H2,1H3,(H,22,26)(H,23,29). The summed E-state index contributed by atoms with van der Waals surface area (Å²) in [7, 11) is 1.65. The first kappa shape index (κ1) is 20.2. The molecule has 1 saturated carbocycles. The molecular weight excluding hydrogens is 388 g/mol. The van der Waals surface area contributed by atoms with E-state index in [9.17, 15) is 19.2 Å². The van der Waals surface area contributed by atoms with E-state index in [1.807, 2.05) is 0 Å². The quantitative estimate of drug-likeness (QED) is 0.717. The summed E-state index contributed by atoms with van der Waals surface area (Å²) in [6, 6.07) is 4.05. The van der Waals surface area contributed by atoms with Gasteiger partial charge in [-0.1, -0.05) is 19.3 Å². The van der Waals surface area contributed by atoms with Gasteiger partial charge < -0.3 is 20.3 Å². The van der Waals surface area contributed by atoms with E-state index < -0.39 is 6.04 Å². The molecule has 30 heavy (non-hydrogen) atoms. The van der Waals surface area contributed by atoms with E-state index in [4.69, 9.17) is 4.74 Å². The molecule has 2 heterocycles. The molecular formula is C21H26N4O5. The molecule has 4 rings (SSSR count). The Labute approximate surface area is 174 Å². The maximum atomic E-state index is 12.7. The normalized spacial score (nSPS) is 21.9. The number of imide groups is 1. The number of carbonyl (C=O) groups excluding carboxylic acids is 4. The van der Waals surface area contributed by atoms with Gasteiger partial charge >= 0.3 is 6.03 Å². The van der Waals surface area contributed by atoms with Gasteiger partial charge in [0.1, 0.15) is 11.8 Å². The van der Waals surface area contributed by atoms with Crippen molar-refractivity contribution in [2.45, 2.75) is 57.0 Å². The Hall–Kier alpha value is -3.10. The van der Waals surface area contributed by atoms with Gasteiger partial charge in [-0.05, 0) is 37.5 Å². The number of anilines is 2. The van der Waals surface area contributed by atoms with E-state index in [0.717, 1.165) is 32.1 Å². The number of urea groups is 1. The van der Waals surface area contributed by atoms with Crippen molar-refractivity contribution in [2.24, 2.45) is 0 Å². The molecule has 160 valence electrons. The summed E-state index contributed by atoms with van der Waals surface area (Å²) in [5.74, 6) is -0.0780. The monoisotopic (exact) mass is 414 g/mol. The fourth-order valence-corrected chi connectivity index (χ4v) is 4.28. The first-order valence-electron chi connectivity index (χ1n) is 10.4. The van der Waals surface area contributed by atoms with Crippen LogP contribution in [-0.4, -0.2) is 54.4 Å². The van der Waals surface area contributed by atoms with Crippen LogP contribution < -0.4 is 20.3 Å². The fourth-order valence-electron chi connectivity index (χ4n) is 4.28. The van der Waals surface area contributed by atoms with Crippen molar-refractivity contribution in [3.8, 4) is 5.75 Å². The summed E-state index contributed by atoms with van der Waals surface area (Å²) in [5.41, 5.74) is 1.12. The zero-order chi connectivity index (χ0) is 21.3. The number of ether oxygens (including phenoxy) is 1. The van der Waals surface area contributed by atoms with Crippen LogP contribution in [0.2, 0.25) is 0 Å². The average Bonchev–Trinajstić information content (AvgIpc) is 3.03. The van der Waals surface area contributed by atoms with Crippen LogP contribution in [0.15, 0.2) is 18.2 Å². The SMILES string of the molecule is CN1C(=O)COc2ccc(NC(=O)CCC3NC(=O)N(C4CCCCC4)C3=O)cc21. The molecule has 1 atom stereocenters. The number of benzene rings is 1. The number of carbonyl (C=O) groups is 4. The van der Waals surface area contributed by atoms with Crippen LogP contribution in [0.25, 0.3) is 0 Å². The highest BCUT2D eigenvalue weighted by molar-refractivity contribution is 6.05. The topological polar surface area (TPSA) is 108 Å². The second-order valence-electron chi connectivity index (χ2n) is 8.01. The summed E-state index contributed by atoms with van der Waals surface area (Å²) in [6.45, 7) is -0.00574. The Morgan fingerprint density at radius 3 is 2.73 bits per heavy atom. The summed E-state index contributed by atoms with van der Waals surface area (Å²) in [4.78, 5) is 52.0. The van der Waals surface area contributed by atoms with Crippen molar-refractivity contribution in [2.75, 3.05) is 23.9 Å². The third-order valence-corrected chi connectivity index (χ3v) is 5.98. The predicted molar refractivity (Wildman–Crippen MR) is 109 cm³/mol. The van der Waals surface area contributed by atoms with Gasteiger partial charge in [-0.25, -0.2) is 4.79 Å². The molecule has 2 fully saturated rings. The van der Waals surface area contributed by atoms with Crippen LogP contribution in [0.3, 0.4) is 0 Å². The highest BCUT2D eigenvalue weighted by atomic mass is 16.5. The molecule has 1 saturated heterocycles. The molecule has 1 aliphatic carbocycles. The lowest BCUT2D eigenvalue weighted by Crippen LogP contribution is -2.42. The van der Waals surface area contributed by atoms with E-state index in [2.05, 4.69) is 10.6 Å². The Kier molecular flexibility index (Phi) is 5.61. The third-order valence-electron chi connectivity index (χ3n) is 5.98. The van der Waals surface area contributed by atoms with Crippen LogP contribution in [0, 0.1) is 0 Å². The van der Waals surface area contributed by atoms with Crippen molar-refractivity contribution in [1.29, 1.82) is 0 Å². The summed E-state index contributed by atoms with van der Waals surface area (Å²) in [6.07, 6.45) is 5.24. The van der Waals surface area contributed by atoms with Crippen molar-refractivity contribution in [3.63, 3.8) is 0 Å². The van der Waals surface area contributed by atoms with E-state index in [0.29, 0.717) is 17.1 Å². The number of fused-ring (bicyclic) bond motifs is 1. The lowest BCUT2D eigenvalue weighted by Gasteiger charge is -2.28. The second kappa shape index (κ2) is 8.33. The Balaban J connectivity index is 1.32. The largest absolute Gasteiger partial charge is 0.482 e. The molecule has 1 unspecified atom stereocenters. The number of amides is 5. The van der Waals surface area contributed by atoms with Gasteiger partial charge in [0.05, 0.1) is 5.69 Å². The van der Waals surface area contributed by atoms with E-state index in [1.165, 1.54) is 9.80 Å². The molecule has 2 aliphatic heterocycles. The molecule has 2 N–H and O–H groups in total. The van der Waals surface area contributed by atoms with Crippen molar-refractivity contribution >= 4 is 35.1 Å². The van der Waals surface area contributed by atoms with E-state index in [-0.39, 0.29) is 49.2 Å². The van der Waals surface area contributed by atoms with E-state index >= 15 is 0 Å². The van der Waals surface area contributed by atoms with Crippen LogP contribution in [0.4, 0.5) is 16.2 Å². The van der Waals surface area contributed by atoms with Gasteiger partial charge in [0, 0.05) is 25.2 Å². The Bertz CT molecular complexity index is 880. The molecule has 0 aromatic heterocycles. The van der Waals surface area contributed by atoms with Crippen LogP contribution >= 0.6 is 0 Å². The van der Waals surface area contributed by atoms with Crippen molar-refractivity contribution < 1.29 is 23.9 Å². The summed E-state index contributed by atoms with van der Waals surface area (Å²) < 4.78 is 5.38. The molecule has 9 heteroatoms. The van der Waals surface area contributed by atoms with Crippen molar-refractivity contribution in [3.05, 3.63) is 18.2 Å². The molecule has 1 aromatic rings. The fraction of sp³-hybridized carbons (Fsp3) is 0.524. The maximum Gasteiger partial charge on any atom is 0.325 e. The highest BCUT2D eigenvalue weighted by Gasteiger charge is 2.42. The molecule has 9 nitrogen and oxygen atoms in total. The van der Waals surface area contributed by atoms with Crippen LogP contribution in [0.1, 0.15) is 44.9 Å². The average molecular weight is 414 g/mol. The van der Waals surface area contributed by atoms with Gasteiger partial charge in [0.2, 0.25) is 5.91 Å².